The molecule has 1 amide bonds. The average molecular weight is 293 g/mol. The third-order valence-corrected chi connectivity index (χ3v) is 4.32. The van der Waals surface area contributed by atoms with Gasteiger partial charge in [0.05, 0.1) is 12.1 Å². The number of carbonyl (C=O) groups excluding carboxylic acids is 1. The van der Waals surface area contributed by atoms with Crippen LogP contribution in [0, 0.1) is 12.3 Å². The monoisotopic (exact) mass is 293 g/mol. The highest BCUT2D eigenvalue weighted by molar-refractivity contribution is 5.78. The van der Waals surface area contributed by atoms with Crippen LogP contribution in [0.5, 0.6) is 0 Å². The van der Waals surface area contributed by atoms with E-state index >= 15 is 0 Å². The maximum absolute atomic E-state index is 12.1. The first-order valence-corrected chi connectivity index (χ1v) is 7.38. The summed E-state index contributed by atoms with van der Waals surface area (Å²) in [4.78, 5) is 23.2. The van der Waals surface area contributed by atoms with Gasteiger partial charge in [0.15, 0.2) is 0 Å². The van der Waals surface area contributed by atoms with Crippen molar-refractivity contribution in [1.29, 1.82) is 0 Å². The van der Waals surface area contributed by atoms with Crippen molar-refractivity contribution in [2.45, 2.75) is 52.0 Å². The molecule has 2 N–H and O–H groups in total. The van der Waals surface area contributed by atoms with Crippen molar-refractivity contribution in [2.24, 2.45) is 12.5 Å². The van der Waals surface area contributed by atoms with Gasteiger partial charge in [0.2, 0.25) is 5.91 Å². The minimum absolute atomic E-state index is 0.0681. The molecule has 6 nitrogen and oxygen atoms in total. The van der Waals surface area contributed by atoms with Crippen LogP contribution in [0.25, 0.3) is 0 Å². The van der Waals surface area contributed by atoms with Crippen molar-refractivity contribution in [3.8, 4) is 0 Å². The van der Waals surface area contributed by atoms with Gasteiger partial charge in [-0.1, -0.05) is 12.8 Å². The molecule has 0 spiro atoms. The fourth-order valence-electron chi connectivity index (χ4n) is 3.28. The Kier molecular flexibility index (Phi) is 4.65. The second-order valence-corrected chi connectivity index (χ2v) is 6.14. The number of amides is 1. The van der Waals surface area contributed by atoms with Crippen molar-refractivity contribution < 1.29 is 14.7 Å². The molecule has 116 valence electrons. The first-order valence-electron chi connectivity index (χ1n) is 7.38. The number of aliphatic carboxylic acids is 1. The minimum Gasteiger partial charge on any atom is -0.481 e. The molecule has 1 aromatic rings. The standard InChI is InChI=1S/C15H23N3O3/c1-11-12(10-18(2)17-11)9-16-13(19)7-15(8-14(20)21)5-3-4-6-15/h10H,3-9H2,1-2H3,(H,16,19)(H,20,21). The fourth-order valence-corrected chi connectivity index (χ4v) is 3.28. The smallest absolute Gasteiger partial charge is 0.303 e. The summed E-state index contributed by atoms with van der Waals surface area (Å²) >= 11 is 0. The predicted molar refractivity (Wildman–Crippen MR) is 77.6 cm³/mol. The molecule has 1 heterocycles. The van der Waals surface area contributed by atoms with Gasteiger partial charge in [0.1, 0.15) is 0 Å². The summed E-state index contributed by atoms with van der Waals surface area (Å²) in [6, 6.07) is 0. The van der Waals surface area contributed by atoms with Gasteiger partial charge >= 0.3 is 5.97 Å². The molecule has 1 fully saturated rings. The summed E-state index contributed by atoms with van der Waals surface area (Å²) in [5.41, 5.74) is 1.54. The summed E-state index contributed by atoms with van der Waals surface area (Å²) in [6.07, 6.45) is 5.98. The summed E-state index contributed by atoms with van der Waals surface area (Å²) < 4.78 is 1.72. The van der Waals surface area contributed by atoms with E-state index in [1.54, 1.807) is 4.68 Å². The maximum atomic E-state index is 12.1. The van der Waals surface area contributed by atoms with Crippen molar-refractivity contribution in [3.05, 3.63) is 17.5 Å². The lowest BCUT2D eigenvalue weighted by molar-refractivity contribution is -0.140. The maximum Gasteiger partial charge on any atom is 0.303 e. The number of aryl methyl sites for hydroxylation is 2. The number of carboxylic acids is 1. The molecular formula is C15H23N3O3. The number of rotatable bonds is 6. The molecule has 2 rings (SSSR count). The number of hydrogen-bond acceptors (Lipinski definition) is 3. The molecule has 0 bridgehead atoms. The molecule has 0 saturated heterocycles. The number of hydrogen-bond donors (Lipinski definition) is 2. The van der Waals surface area contributed by atoms with E-state index in [2.05, 4.69) is 10.4 Å². The quantitative estimate of drug-likeness (QED) is 0.837. The van der Waals surface area contributed by atoms with E-state index in [9.17, 15) is 9.59 Å². The molecule has 0 radical (unpaired) electrons. The van der Waals surface area contributed by atoms with Crippen molar-refractivity contribution in [2.75, 3.05) is 0 Å². The van der Waals surface area contributed by atoms with E-state index in [0.717, 1.165) is 36.9 Å². The summed E-state index contributed by atoms with van der Waals surface area (Å²) in [7, 11) is 1.85. The Hall–Kier alpha value is -1.85. The predicted octanol–water partition coefficient (Wildman–Crippen LogP) is 1.77. The van der Waals surface area contributed by atoms with Crippen LogP contribution in [0.2, 0.25) is 0 Å². The van der Waals surface area contributed by atoms with Crippen LogP contribution < -0.4 is 5.32 Å². The third kappa shape index (κ3) is 4.06. The van der Waals surface area contributed by atoms with Gasteiger partial charge in [-0.3, -0.25) is 14.3 Å². The van der Waals surface area contributed by atoms with E-state index < -0.39 is 5.97 Å². The van der Waals surface area contributed by atoms with Crippen LogP contribution in [-0.4, -0.2) is 26.8 Å². The number of nitrogens with zero attached hydrogens (tertiary/aromatic N) is 2. The Morgan fingerprint density at radius 1 is 1.38 bits per heavy atom. The molecule has 1 aliphatic carbocycles. The molecule has 0 atom stereocenters. The lowest BCUT2D eigenvalue weighted by Crippen LogP contribution is -2.31. The molecule has 1 aromatic heterocycles. The normalized spacial score (nSPS) is 16.9. The highest BCUT2D eigenvalue weighted by atomic mass is 16.4. The number of nitrogens with one attached hydrogen (secondary N) is 1. The molecule has 0 unspecified atom stereocenters. The van der Waals surface area contributed by atoms with Crippen LogP contribution in [0.1, 0.15) is 49.8 Å². The van der Waals surface area contributed by atoms with Crippen molar-refractivity contribution in [1.82, 2.24) is 15.1 Å². The van der Waals surface area contributed by atoms with Crippen LogP contribution in [-0.2, 0) is 23.2 Å². The molecule has 6 heteroatoms. The van der Waals surface area contributed by atoms with Gasteiger partial charge < -0.3 is 10.4 Å². The van der Waals surface area contributed by atoms with E-state index in [4.69, 9.17) is 5.11 Å². The van der Waals surface area contributed by atoms with Crippen molar-refractivity contribution >= 4 is 11.9 Å². The van der Waals surface area contributed by atoms with Crippen LogP contribution in [0.3, 0.4) is 0 Å². The van der Waals surface area contributed by atoms with Gasteiger partial charge in [0.25, 0.3) is 0 Å². The van der Waals surface area contributed by atoms with Crippen LogP contribution in [0.15, 0.2) is 6.20 Å². The molecule has 21 heavy (non-hydrogen) atoms. The molecule has 0 aliphatic heterocycles. The Labute approximate surface area is 124 Å². The Morgan fingerprint density at radius 2 is 2.05 bits per heavy atom. The molecule has 1 saturated carbocycles. The summed E-state index contributed by atoms with van der Waals surface area (Å²) in [5.74, 6) is -0.880. The lowest BCUT2D eigenvalue weighted by atomic mass is 9.79. The first-order chi connectivity index (χ1) is 9.90. The third-order valence-electron chi connectivity index (χ3n) is 4.32. The summed E-state index contributed by atoms with van der Waals surface area (Å²) in [5, 5.41) is 16.2. The van der Waals surface area contributed by atoms with Gasteiger partial charge in [-0.25, -0.2) is 0 Å². The number of aromatic nitrogens is 2. The zero-order chi connectivity index (χ0) is 15.5. The zero-order valence-corrected chi connectivity index (χ0v) is 12.7. The van der Waals surface area contributed by atoms with E-state index in [-0.39, 0.29) is 17.7 Å². The fraction of sp³-hybridized carbons (Fsp3) is 0.667. The Morgan fingerprint density at radius 3 is 2.57 bits per heavy atom. The van der Waals surface area contributed by atoms with Crippen molar-refractivity contribution in [3.63, 3.8) is 0 Å². The minimum atomic E-state index is -0.812. The van der Waals surface area contributed by atoms with E-state index in [1.165, 1.54) is 0 Å². The second-order valence-electron chi connectivity index (χ2n) is 6.14. The van der Waals surface area contributed by atoms with Gasteiger partial charge in [-0.2, -0.15) is 5.10 Å². The lowest BCUT2D eigenvalue weighted by Gasteiger charge is -2.26. The SMILES string of the molecule is Cc1nn(C)cc1CNC(=O)CC1(CC(=O)O)CCCC1. The topological polar surface area (TPSA) is 84.2 Å². The largest absolute Gasteiger partial charge is 0.481 e. The second kappa shape index (κ2) is 6.28. The molecular weight excluding hydrogens is 270 g/mol. The Balaban J connectivity index is 1.91. The van der Waals surface area contributed by atoms with Gasteiger partial charge in [-0.15, -0.1) is 0 Å². The average Bonchev–Trinajstić information content (AvgIpc) is 2.93. The zero-order valence-electron chi connectivity index (χ0n) is 12.7. The van der Waals surface area contributed by atoms with E-state index in [0.29, 0.717) is 13.0 Å². The molecule has 0 aromatic carbocycles. The highest BCUT2D eigenvalue weighted by Crippen LogP contribution is 2.43. The number of carbonyl (C=O) groups is 2. The highest BCUT2D eigenvalue weighted by Gasteiger charge is 2.37. The number of carboxylic acid groups (broad SMARTS) is 1. The van der Waals surface area contributed by atoms with Crippen LogP contribution in [0.4, 0.5) is 0 Å². The van der Waals surface area contributed by atoms with Gasteiger partial charge in [0, 0.05) is 31.8 Å². The van der Waals surface area contributed by atoms with Crippen LogP contribution >= 0.6 is 0 Å². The molecule has 1 aliphatic rings. The summed E-state index contributed by atoms with van der Waals surface area (Å²) in [6.45, 7) is 2.35. The van der Waals surface area contributed by atoms with Gasteiger partial charge in [-0.05, 0) is 25.2 Å². The van der Waals surface area contributed by atoms with E-state index in [1.807, 2.05) is 20.2 Å². The first kappa shape index (κ1) is 15.5. The Bertz CT molecular complexity index is 530.